The molecule has 0 amide bonds. The maximum atomic E-state index is 4.19. The molecule has 0 aromatic carbocycles. The molecule has 1 aliphatic rings. The van der Waals surface area contributed by atoms with Crippen molar-refractivity contribution in [1.82, 2.24) is 19.7 Å². The van der Waals surface area contributed by atoms with Crippen molar-refractivity contribution in [2.24, 2.45) is 0 Å². The third-order valence-electron chi connectivity index (χ3n) is 2.55. The van der Waals surface area contributed by atoms with Crippen LogP contribution in [0.4, 0.5) is 0 Å². The molecule has 0 radical (unpaired) electrons. The van der Waals surface area contributed by atoms with Crippen molar-refractivity contribution in [3.05, 3.63) is 30.4 Å². The lowest BCUT2D eigenvalue weighted by Crippen LogP contribution is -1.95. The van der Waals surface area contributed by atoms with Crippen LogP contribution in [-0.4, -0.2) is 19.7 Å². The van der Waals surface area contributed by atoms with Gasteiger partial charge in [0, 0.05) is 30.9 Å². The van der Waals surface area contributed by atoms with Crippen LogP contribution in [0.3, 0.4) is 0 Å². The summed E-state index contributed by atoms with van der Waals surface area (Å²) < 4.78 is 2.19. The number of hydrogen-bond donors (Lipinski definition) is 0. The van der Waals surface area contributed by atoms with Gasteiger partial charge in [-0.3, -0.25) is 4.98 Å². The molecule has 0 atom stereocenters. The number of nitrogens with zero attached hydrogens (tertiary/aromatic N) is 4. The summed E-state index contributed by atoms with van der Waals surface area (Å²) in [6.07, 6.45) is 5.80. The Bertz CT molecular complexity index is 446. The number of aryl methyl sites for hydroxylation is 1. The van der Waals surface area contributed by atoms with Crippen LogP contribution in [0.2, 0.25) is 0 Å². The van der Waals surface area contributed by atoms with Gasteiger partial charge in [0.1, 0.15) is 5.82 Å². The molecule has 0 spiro atoms. The lowest BCUT2D eigenvalue weighted by Gasteiger charge is -2.01. The summed E-state index contributed by atoms with van der Waals surface area (Å²) in [5.41, 5.74) is 1.10. The zero-order valence-electron chi connectivity index (χ0n) is 7.72. The number of fused-ring (bicyclic) bond motifs is 1. The summed E-state index contributed by atoms with van der Waals surface area (Å²) in [6, 6.07) is 3.94. The molecule has 0 fully saturated rings. The van der Waals surface area contributed by atoms with Crippen LogP contribution in [0.5, 0.6) is 0 Å². The number of rotatable bonds is 1. The Kier molecular flexibility index (Phi) is 1.59. The second-order valence-corrected chi connectivity index (χ2v) is 3.43. The second-order valence-electron chi connectivity index (χ2n) is 3.43. The maximum absolute atomic E-state index is 4.19. The maximum Gasteiger partial charge on any atom is 0.164 e. The monoisotopic (exact) mass is 186 g/mol. The molecule has 2 aromatic rings. The van der Waals surface area contributed by atoms with Gasteiger partial charge in [-0.05, 0) is 18.6 Å². The fraction of sp³-hybridized carbons (Fsp3) is 0.300. The van der Waals surface area contributed by atoms with Crippen LogP contribution >= 0.6 is 0 Å². The first-order valence-corrected chi connectivity index (χ1v) is 4.77. The molecule has 0 saturated heterocycles. The van der Waals surface area contributed by atoms with Crippen LogP contribution in [0.1, 0.15) is 12.2 Å². The molecule has 4 heteroatoms. The predicted octanol–water partition coefficient (Wildman–Crippen LogP) is 1.29. The van der Waals surface area contributed by atoms with E-state index in [2.05, 4.69) is 19.7 Å². The fourth-order valence-electron chi connectivity index (χ4n) is 1.87. The second kappa shape index (κ2) is 2.90. The molecule has 0 aliphatic carbocycles. The molecule has 4 nitrogen and oxygen atoms in total. The van der Waals surface area contributed by atoms with E-state index in [1.54, 1.807) is 12.4 Å². The minimum Gasteiger partial charge on any atom is -0.311 e. The van der Waals surface area contributed by atoms with Crippen LogP contribution in [0.25, 0.3) is 11.4 Å². The Morgan fingerprint density at radius 1 is 1.14 bits per heavy atom. The SMILES string of the molecule is c1cc(-c2nnc3n2CCC3)ccn1. The minimum absolute atomic E-state index is 0.972. The average molecular weight is 186 g/mol. The van der Waals surface area contributed by atoms with Gasteiger partial charge in [0.15, 0.2) is 5.82 Å². The van der Waals surface area contributed by atoms with Crippen LogP contribution < -0.4 is 0 Å². The summed E-state index contributed by atoms with van der Waals surface area (Å²) >= 11 is 0. The lowest BCUT2D eigenvalue weighted by atomic mass is 10.2. The fourth-order valence-corrected chi connectivity index (χ4v) is 1.87. The Labute approximate surface area is 81.6 Å². The van der Waals surface area contributed by atoms with Gasteiger partial charge >= 0.3 is 0 Å². The molecule has 2 aromatic heterocycles. The smallest absolute Gasteiger partial charge is 0.164 e. The van der Waals surface area contributed by atoms with Gasteiger partial charge in [0.05, 0.1) is 0 Å². The number of aromatic nitrogens is 4. The molecule has 1 aliphatic heterocycles. The molecule has 3 rings (SSSR count). The highest BCUT2D eigenvalue weighted by Crippen LogP contribution is 2.22. The normalized spacial score (nSPS) is 14.3. The summed E-state index contributed by atoms with van der Waals surface area (Å²) in [6.45, 7) is 1.04. The van der Waals surface area contributed by atoms with E-state index in [9.17, 15) is 0 Å². The van der Waals surface area contributed by atoms with Crippen molar-refractivity contribution in [3.63, 3.8) is 0 Å². The van der Waals surface area contributed by atoms with E-state index in [0.29, 0.717) is 0 Å². The van der Waals surface area contributed by atoms with Gasteiger partial charge in [-0.25, -0.2) is 0 Å². The van der Waals surface area contributed by atoms with E-state index in [0.717, 1.165) is 30.2 Å². The summed E-state index contributed by atoms with van der Waals surface area (Å²) in [5, 5.41) is 8.36. The molecule has 0 bridgehead atoms. The molecular formula is C10H10N4. The first kappa shape index (κ1) is 7.67. The highest BCUT2D eigenvalue weighted by molar-refractivity contribution is 5.54. The van der Waals surface area contributed by atoms with Crippen molar-refractivity contribution in [2.45, 2.75) is 19.4 Å². The molecule has 3 heterocycles. The quantitative estimate of drug-likeness (QED) is 0.674. The molecule has 0 saturated carbocycles. The predicted molar refractivity (Wildman–Crippen MR) is 51.6 cm³/mol. The van der Waals surface area contributed by atoms with Crippen LogP contribution in [-0.2, 0) is 13.0 Å². The lowest BCUT2D eigenvalue weighted by molar-refractivity contribution is 0.748. The average Bonchev–Trinajstić information content (AvgIpc) is 2.79. The highest BCUT2D eigenvalue weighted by atomic mass is 15.3. The van der Waals surface area contributed by atoms with E-state index in [1.807, 2.05) is 12.1 Å². The van der Waals surface area contributed by atoms with E-state index in [-0.39, 0.29) is 0 Å². The van der Waals surface area contributed by atoms with Crippen molar-refractivity contribution >= 4 is 0 Å². The molecule has 0 unspecified atom stereocenters. The molecule has 14 heavy (non-hydrogen) atoms. The van der Waals surface area contributed by atoms with Gasteiger partial charge in [0.25, 0.3) is 0 Å². The van der Waals surface area contributed by atoms with E-state index < -0.39 is 0 Å². The van der Waals surface area contributed by atoms with E-state index in [4.69, 9.17) is 0 Å². The summed E-state index contributed by atoms with van der Waals surface area (Å²) in [7, 11) is 0. The first-order valence-electron chi connectivity index (χ1n) is 4.77. The Balaban J connectivity index is 2.13. The Morgan fingerprint density at radius 2 is 2.00 bits per heavy atom. The topological polar surface area (TPSA) is 43.6 Å². The molecule has 0 N–H and O–H groups in total. The third-order valence-corrected chi connectivity index (χ3v) is 2.55. The number of pyridine rings is 1. The van der Waals surface area contributed by atoms with Crippen molar-refractivity contribution in [1.29, 1.82) is 0 Å². The number of hydrogen-bond acceptors (Lipinski definition) is 3. The highest BCUT2D eigenvalue weighted by Gasteiger charge is 2.17. The van der Waals surface area contributed by atoms with Gasteiger partial charge in [0.2, 0.25) is 0 Å². The van der Waals surface area contributed by atoms with Crippen molar-refractivity contribution in [2.75, 3.05) is 0 Å². The zero-order valence-corrected chi connectivity index (χ0v) is 7.72. The van der Waals surface area contributed by atoms with Crippen LogP contribution in [0, 0.1) is 0 Å². The summed E-state index contributed by atoms with van der Waals surface area (Å²) in [4.78, 5) is 3.99. The van der Waals surface area contributed by atoms with Crippen LogP contribution in [0.15, 0.2) is 24.5 Å². The van der Waals surface area contributed by atoms with Gasteiger partial charge in [-0.15, -0.1) is 10.2 Å². The van der Waals surface area contributed by atoms with E-state index in [1.165, 1.54) is 6.42 Å². The third kappa shape index (κ3) is 1.04. The first-order chi connectivity index (χ1) is 6.95. The molecule has 70 valence electrons. The van der Waals surface area contributed by atoms with Gasteiger partial charge < -0.3 is 4.57 Å². The largest absolute Gasteiger partial charge is 0.311 e. The Morgan fingerprint density at radius 3 is 2.86 bits per heavy atom. The van der Waals surface area contributed by atoms with Gasteiger partial charge in [-0.2, -0.15) is 0 Å². The summed E-state index contributed by atoms with van der Waals surface area (Å²) in [5.74, 6) is 2.08. The van der Waals surface area contributed by atoms with Gasteiger partial charge in [-0.1, -0.05) is 0 Å². The zero-order chi connectivity index (χ0) is 9.38. The van der Waals surface area contributed by atoms with Crippen molar-refractivity contribution in [3.8, 4) is 11.4 Å². The van der Waals surface area contributed by atoms with Crippen molar-refractivity contribution < 1.29 is 0 Å². The Hall–Kier alpha value is -1.71. The van der Waals surface area contributed by atoms with E-state index >= 15 is 0 Å². The minimum atomic E-state index is 0.972. The molecular weight excluding hydrogens is 176 g/mol. The standard InChI is InChI=1S/C10H10N4/c1-2-9-12-13-10(14(9)7-1)8-3-5-11-6-4-8/h3-6H,1-2,7H2.